The number of rotatable bonds is 12. The fourth-order valence-electron chi connectivity index (χ4n) is 5.93. The molecule has 6 aromatic rings. The normalized spacial score (nSPS) is 11.7. The standard InChI is InChI=1S/C39H36N4O2/c44-38(42-40-26-36-32-18-10-6-14-28(32)24-29-15-7-11-19-33(29)36)22-4-2-1-3-5-23-39(45)43-41-27-37-34-20-12-8-16-30(34)25-31-17-9-13-21-35(31)37/h6-21,24-27H,1-5,22-23H2,(H,42,44)(H,43,45)/b40-26+,41-27+. The summed E-state index contributed by atoms with van der Waals surface area (Å²) in [5.41, 5.74) is 7.39. The van der Waals surface area contributed by atoms with Gasteiger partial charge in [-0.3, -0.25) is 9.59 Å². The second kappa shape index (κ2) is 14.4. The van der Waals surface area contributed by atoms with Crippen LogP contribution in [-0.4, -0.2) is 24.2 Å². The van der Waals surface area contributed by atoms with Gasteiger partial charge in [0.05, 0.1) is 12.4 Å². The maximum atomic E-state index is 12.4. The number of fused-ring (bicyclic) bond motifs is 4. The van der Waals surface area contributed by atoms with Crippen LogP contribution in [0.4, 0.5) is 0 Å². The molecule has 2 amide bonds. The van der Waals surface area contributed by atoms with E-state index in [1.54, 1.807) is 12.4 Å². The van der Waals surface area contributed by atoms with E-state index in [4.69, 9.17) is 0 Å². The molecule has 0 radical (unpaired) electrons. The van der Waals surface area contributed by atoms with Crippen LogP contribution < -0.4 is 10.9 Å². The van der Waals surface area contributed by atoms with Gasteiger partial charge in [-0.2, -0.15) is 10.2 Å². The summed E-state index contributed by atoms with van der Waals surface area (Å²) >= 11 is 0. The highest BCUT2D eigenvalue weighted by molar-refractivity contribution is 6.14. The minimum absolute atomic E-state index is 0.0907. The largest absolute Gasteiger partial charge is 0.273 e. The smallest absolute Gasteiger partial charge is 0.240 e. The van der Waals surface area contributed by atoms with Crippen LogP contribution in [0.2, 0.25) is 0 Å². The van der Waals surface area contributed by atoms with Crippen LogP contribution in [0, 0.1) is 0 Å². The summed E-state index contributed by atoms with van der Waals surface area (Å²) in [7, 11) is 0. The average molecular weight is 593 g/mol. The Labute approximate surface area is 262 Å². The van der Waals surface area contributed by atoms with Gasteiger partial charge in [-0.1, -0.05) is 116 Å². The van der Waals surface area contributed by atoms with E-state index in [1.165, 1.54) is 0 Å². The molecule has 224 valence electrons. The van der Waals surface area contributed by atoms with Crippen molar-refractivity contribution < 1.29 is 9.59 Å². The Balaban J connectivity index is 0.908. The number of hydrazone groups is 2. The lowest BCUT2D eigenvalue weighted by Crippen LogP contribution is -2.17. The molecule has 6 rings (SSSR count). The molecule has 0 aromatic heterocycles. The first-order valence-corrected chi connectivity index (χ1v) is 15.6. The van der Waals surface area contributed by atoms with E-state index in [2.05, 4.69) is 81.7 Å². The van der Waals surface area contributed by atoms with Gasteiger partial charge in [-0.05, 0) is 68.1 Å². The topological polar surface area (TPSA) is 82.9 Å². The highest BCUT2D eigenvalue weighted by atomic mass is 16.2. The second-order valence-electron chi connectivity index (χ2n) is 11.3. The third-order valence-corrected chi connectivity index (χ3v) is 8.20. The highest BCUT2D eigenvalue weighted by Gasteiger charge is 2.08. The quantitative estimate of drug-likeness (QED) is 0.0645. The van der Waals surface area contributed by atoms with Crippen molar-refractivity contribution in [2.24, 2.45) is 10.2 Å². The van der Waals surface area contributed by atoms with Crippen LogP contribution in [0.1, 0.15) is 56.1 Å². The molecule has 0 fully saturated rings. The lowest BCUT2D eigenvalue weighted by atomic mass is 9.97. The number of hydrogen-bond acceptors (Lipinski definition) is 4. The van der Waals surface area contributed by atoms with Crippen LogP contribution in [0.3, 0.4) is 0 Å². The number of unbranched alkanes of at least 4 members (excludes halogenated alkanes) is 4. The molecule has 0 aliphatic heterocycles. The van der Waals surface area contributed by atoms with Crippen molar-refractivity contribution in [3.05, 3.63) is 120 Å². The van der Waals surface area contributed by atoms with Crippen molar-refractivity contribution in [3.8, 4) is 0 Å². The third kappa shape index (κ3) is 7.24. The minimum Gasteiger partial charge on any atom is -0.273 e. The number of benzene rings is 6. The summed E-state index contributed by atoms with van der Waals surface area (Å²) in [6, 6.07) is 37.2. The van der Waals surface area contributed by atoms with Crippen LogP contribution in [0.5, 0.6) is 0 Å². The third-order valence-electron chi connectivity index (χ3n) is 8.20. The molecule has 0 unspecified atom stereocenters. The lowest BCUT2D eigenvalue weighted by Gasteiger charge is -2.08. The zero-order valence-electron chi connectivity index (χ0n) is 25.2. The van der Waals surface area contributed by atoms with Crippen molar-refractivity contribution in [2.75, 3.05) is 0 Å². The Bertz CT molecular complexity index is 1790. The lowest BCUT2D eigenvalue weighted by molar-refractivity contribution is -0.121. The van der Waals surface area contributed by atoms with Crippen molar-refractivity contribution in [3.63, 3.8) is 0 Å². The van der Waals surface area contributed by atoms with Crippen LogP contribution in [0.25, 0.3) is 43.1 Å². The predicted octanol–water partition coefficient (Wildman–Crippen LogP) is 8.63. The van der Waals surface area contributed by atoms with E-state index < -0.39 is 0 Å². The van der Waals surface area contributed by atoms with E-state index in [-0.39, 0.29) is 11.8 Å². The summed E-state index contributed by atoms with van der Waals surface area (Å²) in [6.07, 6.45) is 8.75. The summed E-state index contributed by atoms with van der Waals surface area (Å²) in [5.74, 6) is -0.181. The predicted molar refractivity (Wildman–Crippen MR) is 187 cm³/mol. The van der Waals surface area contributed by atoms with Crippen LogP contribution in [0.15, 0.2) is 119 Å². The first-order chi connectivity index (χ1) is 22.2. The van der Waals surface area contributed by atoms with Crippen molar-refractivity contribution >= 4 is 67.3 Å². The molecule has 0 spiro atoms. The number of nitrogens with one attached hydrogen (secondary N) is 2. The summed E-state index contributed by atoms with van der Waals surface area (Å²) in [6.45, 7) is 0. The molecule has 6 heteroatoms. The Morgan fingerprint density at radius 3 is 1.13 bits per heavy atom. The summed E-state index contributed by atoms with van der Waals surface area (Å²) in [4.78, 5) is 24.8. The molecule has 6 nitrogen and oxygen atoms in total. The van der Waals surface area contributed by atoms with Gasteiger partial charge < -0.3 is 0 Å². The van der Waals surface area contributed by atoms with Crippen molar-refractivity contribution in [1.29, 1.82) is 0 Å². The zero-order chi connectivity index (χ0) is 30.8. The van der Waals surface area contributed by atoms with E-state index in [9.17, 15) is 9.59 Å². The Hall–Kier alpha value is -5.36. The molecular weight excluding hydrogens is 556 g/mol. The molecule has 0 aliphatic carbocycles. The van der Waals surface area contributed by atoms with Crippen LogP contribution in [-0.2, 0) is 9.59 Å². The Kier molecular flexibility index (Phi) is 9.51. The molecule has 0 bridgehead atoms. The summed E-state index contributed by atoms with van der Waals surface area (Å²) in [5, 5.41) is 17.6. The monoisotopic (exact) mass is 592 g/mol. The van der Waals surface area contributed by atoms with Gasteiger partial charge in [0, 0.05) is 24.0 Å². The molecular formula is C39H36N4O2. The van der Waals surface area contributed by atoms with Gasteiger partial charge in [0.15, 0.2) is 0 Å². The Morgan fingerprint density at radius 2 is 0.778 bits per heavy atom. The molecule has 0 atom stereocenters. The molecule has 0 aliphatic rings. The van der Waals surface area contributed by atoms with Gasteiger partial charge in [-0.15, -0.1) is 0 Å². The van der Waals surface area contributed by atoms with Crippen molar-refractivity contribution in [2.45, 2.75) is 44.9 Å². The van der Waals surface area contributed by atoms with Crippen molar-refractivity contribution in [1.82, 2.24) is 10.9 Å². The SMILES string of the molecule is O=C(CCCCCCCC(=O)N/N=C/c1c2ccccc2cc2ccccc12)N/N=C/c1c2ccccc2cc2ccccc12. The molecule has 45 heavy (non-hydrogen) atoms. The molecule has 0 heterocycles. The number of amides is 2. The fourth-order valence-corrected chi connectivity index (χ4v) is 5.93. The number of hydrogen-bond donors (Lipinski definition) is 2. The number of carbonyl (C=O) groups is 2. The molecule has 2 N–H and O–H groups in total. The first-order valence-electron chi connectivity index (χ1n) is 15.6. The van der Waals surface area contributed by atoms with Gasteiger partial charge in [0.1, 0.15) is 0 Å². The van der Waals surface area contributed by atoms with E-state index in [0.717, 1.165) is 86.3 Å². The fraction of sp³-hybridized carbons (Fsp3) is 0.179. The number of nitrogens with zero attached hydrogens (tertiary/aromatic N) is 2. The van der Waals surface area contributed by atoms with E-state index in [1.807, 2.05) is 48.5 Å². The average Bonchev–Trinajstić information content (AvgIpc) is 3.07. The van der Waals surface area contributed by atoms with E-state index >= 15 is 0 Å². The molecule has 0 saturated heterocycles. The molecule has 0 saturated carbocycles. The van der Waals surface area contributed by atoms with Gasteiger partial charge in [0.2, 0.25) is 11.8 Å². The first kappa shape index (κ1) is 29.7. The van der Waals surface area contributed by atoms with Gasteiger partial charge in [-0.25, -0.2) is 10.9 Å². The second-order valence-corrected chi connectivity index (χ2v) is 11.3. The van der Waals surface area contributed by atoms with E-state index in [0.29, 0.717) is 12.8 Å². The van der Waals surface area contributed by atoms with Crippen LogP contribution >= 0.6 is 0 Å². The number of carbonyl (C=O) groups excluding carboxylic acids is 2. The Morgan fingerprint density at radius 1 is 0.467 bits per heavy atom. The maximum absolute atomic E-state index is 12.4. The highest BCUT2D eigenvalue weighted by Crippen LogP contribution is 2.28. The minimum atomic E-state index is -0.0907. The zero-order valence-corrected chi connectivity index (χ0v) is 25.2. The maximum Gasteiger partial charge on any atom is 0.240 e. The van der Waals surface area contributed by atoms with Gasteiger partial charge >= 0.3 is 0 Å². The molecule has 6 aromatic carbocycles. The summed E-state index contributed by atoms with van der Waals surface area (Å²) < 4.78 is 0. The van der Waals surface area contributed by atoms with Gasteiger partial charge in [0.25, 0.3) is 0 Å².